The standard InChI is InChI=1S/C22H30N4O2S/c1-3-29(27,28)26-14-7-11-19(16-26)21-23-17(2)20-12-8-13-25(22(20)24-21)15-18-9-5-4-6-10-18/h4-6,9-10,19H,3,7-8,11-16H2,1-2H3/t19-/m1/s1. The van der Waals surface area contributed by atoms with E-state index < -0.39 is 10.0 Å². The molecule has 1 aromatic carbocycles. The zero-order chi connectivity index (χ0) is 20.4. The average Bonchev–Trinajstić information content (AvgIpc) is 2.75. The Kier molecular flexibility index (Phi) is 5.88. The monoisotopic (exact) mass is 414 g/mol. The number of hydrogen-bond acceptors (Lipinski definition) is 5. The number of piperidine rings is 1. The highest BCUT2D eigenvalue weighted by Crippen LogP contribution is 2.32. The number of benzene rings is 1. The van der Waals surface area contributed by atoms with Gasteiger partial charge in [-0.1, -0.05) is 30.3 Å². The fraction of sp³-hybridized carbons (Fsp3) is 0.545. The number of rotatable bonds is 5. The van der Waals surface area contributed by atoms with E-state index in [1.165, 1.54) is 11.1 Å². The molecule has 6 nitrogen and oxygen atoms in total. The van der Waals surface area contributed by atoms with Crippen LogP contribution in [0, 0.1) is 6.92 Å². The average molecular weight is 415 g/mol. The van der Waals surface area contributed by atoms with Gasteiger partial charge in [0.05, 0.1) is 5.75 Å². The van der Waals surface area contributed by atoms with Crippen LogP contribution in [0.3, 0.4) is 0 Å². The Morgan fingerprint density at radius 2 is 1.90 bits per heavy atom. The van der Waals surface area contributed by atoms with Crippen molar-refractivity contribution >= 4 is 15.8 Å². The second kappa shape index (κ2) is 8.40. The molecule has 4 rings (SSSR count). The van der Waals surface area contributed by atoms with Crippen molar-refractivity contribution in [3.63, 3.8) is 0 Å². The number of hydrogen-bond donors (Lipinski definition) is 0. The van der Waals surface area contributed by atoms with Gasteiger partial charge in [-0.3, -0.25) is 0 Å². The minimum Gasteiger partial charge on any atom is -0.352 e. The summed E-state index contributed by atoms with van der Waals surface area (Å²) in [6.45, 7) is 6.70. The van der Waals surface area contributed by atoms with Crippen LogP contribution in [0.1, 0.15) is 54.7 Å². The summed E-state index contributed by atoms with van der Waals surface area (Å²) < 4.78 is 26.4. The molecule has 2 aliphatic heterocycles. The van der Waals surface area contributed by atoms with Crippen molar-refractivity contribution in [1.29, 1.82) is 0 Å². The van der Waals surface area contributed by atoms with Crippen LogP contribution in [0.25, 0.3) is 0 Å². The van der Waals surface area contributed by atoms with E-state index >= 15 is 0 Å². The van der Waals surface area contributed by atoms with Crippen molar-refractivity contribution in [2.45, 2.75) is 52.0 Å². The van der Waals surface area contributed by atoms with Gasteiger partial charge in [0.1, 0.15) is 11.6 Å². The van der Waals surface area contributed by atoms with Gasteiger partial charge in [-0.05, 0) is 45.1 Å². The first kappa shape index (κ1) is 20.3. The van der Waals surface area contributed by atoms with E-state index in [0.29, 0.717) is 13.1 Å². The van der Waals surface area contributed by atoms with Crippen molar-refractivity contribution in [1.82, 2.24) is 14.3 Å². The number of anilines is 1. The molecular formula is C22H30N4O2S. The Hall–Kier alpha value is -1.99. The van der Waals surface area contributed by atoms with E-state index in [-0.39, 0.29) is 11.7 Å². The van der Waals surface area contributed by atoms with Crippen LogP contribution in [0.15, 0.2) is 30.3 Å². The molecule has 0 spiro atoms. The Balaban J connectivity index is 1.63. The number of sulfonamides is 1. The minimum absolute atomic E-state index is 0.0644. The summed E-state index contributed by atoms with van der Waals surface area (Å²) >= 11 is 0. The minimum atomic E-state index is -3.17. The lowest BCUT2D eigenvalue weighted by Gasteiger charge is -2.34. The van der Waals surface area contributed by atoms with Crippen molar-refractivity contribution < 1.29 is 8.42 Å². The van der Waals surface area contributed by atoms with Crippen LogP contribution in [-0.2, 0) is 23.0 Å². The lowest BCUT2D eigenvalue weighted by atomic mass is 9.97. The number of nitrogens with zero attached hydrogens (tertiary/aromatic N) is 4. The molecule has 1 atom stereocenters. The maximum Gasteiger partial charge on any atom is 0.213 e. The Bertz CT molecular complexity index is 962. The largest absolute Gasteiger partial charge is 0.352 e. The molecule has 2 aromatic rings. The molecule has 0 radical (unpaired) electrons. The molecule has 156 valence electrons. The highest BCUT2D eigenvalue weighted by Gasteiger charge is 2.31. The normalized spacial score (nSPS) is 20.5. The second-order valence-corrected chi connectivity index (χ2v) is 10.3. The molecule has 1 fully saturated rings. The summed E-state index contributed by atoms with van der Waals surface area (Å²) in [4.78, 5) is 12.2. The SMILES string of the molecule is CCS(=O)(=O)N1CCC[C@@H](c2nc(C)c3c(n2)N(Cc2ccccc2)CCC3)C1. The summed E-state index contributed by atoms with van der Waals surface area (Å²) in [5.41, 5.74) is 3.55. The number of aryl methyl sites for hydroxylation is 1. The summed E-state index contributed by atoms with van der Waals surface area (Å²) in [7, 11) is -3.17. The molecular weight excluding hydrogens is 384 g/mol. The third-order valence-electron chi connectivity index (χ3n) is 6.09. The lowest BCUT2D eigenvalue weighted by molar-refractivity contribution is 0.309. The Labute approximate surface area is 174 Å². The highest BCUT2D eigenvalue weighted by atomic mass is 32.2. The molecule has 0 saturated carbocycles. The molecule has 7 heteroatoms. The number of aromatic nitrogens is 2. The molecule has 0 bridgehead atoms. The fourth-order valence-corrected chi connectivity index (χ4v) is 5.62. The van der Waals surface area contributed by atoms with Crippen LogP contribution in [0.2, 0.25) is 0 Å². The molecule has 0 N–H and O–H groups in total. The molecule has 0 unspecified atom stereocenters. The summed E-state index contributed by atoms with van der Waals surface area (Å²) in [5.74, 6) is 2.05. The molecule has 29 heavy (non-hydrogen) atoms. The van der Waals surface area contributed by atoms with E-state index in [1.54, 1.807) is 11.2 Å². The van der Waals surface area contributed by atoms with E-state index in [0.717, 1.165) is 56.1 Å². The zero-order valence-electron chi connectivity index (χ0n) is 17.3. The van der Waals surface area contributed by atoms with Crippen molar-refractivity contribution in [2.75, 3.05) is 30.3 Å². The van der Waals surface area contributed by atoms with Crippen molar-refractivity contribution in [3.8, 4) is 0 Å². The van der Waals surface area contributed by atoms with Gasteiger partial charge in [0, 0.05) is 43.4 Å². The maximum atomic E-state index is 12.4. The predicted molar refractivity (Wildman–Crippen MR) is 116 cm³/mol. The van der Waals surface area contributed by atoms with Gasteiger partial charge < -0.3 is 4.90 Å². The predicted octanol–water partition coefficient (Wildman–Crippen LogP) is 3.27. The third kappa shape index (κ3) is 4.31. The van der Waals surface area contributed by atoms with Gasteiger partial charge in [0.25, 0.3) is 0 Å². The maximum absolute atomic E-state index is 12.4. The van der Waals surface area contributed by atoms with E-state index in [4.69, 9.17) is 9.97 Å². The zero-order valence-corrected chi connectivity index (χ0v) is 18.2. The van der Waals surface area contributed by atoms with Gasteiger partial charge in [-0.2, -0.15) is 0 Å². The van der Waals surface area contributed by atoms with Crippen LogP contribution in [0.4, 0.5) is 5.82 Å². The lowest BCUT2D eigenvalue weighted by Crippen LogP contribution is -2.40. The first-order valence-corrected chi connectivity index (χ1v) is 12.2. The van der Waals surface area contributed by atoms with E-state index in [1.807, 2.05) is 6.07 Å². The summed E-state index contributed by atoms with van der Waals surface area (Å²) in [6, 6.07) is 10.5. The van der Waals surface area contributed by atoms with Gasteiger partial charge in [-0.25, -0.2) is 22.7 Å². The van der Waals surface area contributed by atoms with Crippen LogP contribution < -0.4 is 4.90 Å². The van der Waals surface area contributed by atoms with Crippen LogP contribution >= 0.6 is 0 Å². The summed E-state index contributed by atoms with van der Waals surface area (Å²) in [6.07, 6.45) is 3.91. The number of fused-ring (bicyclic) bond motifs is 1. The van der Waals surface area contributed by atoms with E-state index in [2.05, 4.69) is 36.1 Å². The first-order chi connectivity index (χ1) is 14.0. The smallest absolute Gasteiger partial charge is 0.213 e. The van der Waals surface area contributed by atoms with Crippen molar-refractivity contribution in [2.24, 2.45) is 0 Å². The molecule has 1 saturated heterocycles. The van der Waals surface area contributed by atoms with Gasteiger partial charge in [0.15, 0.2) is 0 Å². The second-order valence-electron chi connectivity index (χ2n) is 8.08. The fourth-order valence-electron chi connectivity index (χ4n) is 4.44. The Morgan fingerprint density at radius 1 is 1.10 bits per heavy atom. The quantitative estimate of drug-likeness (QED) is 0.751. The summed E-state index contributed by atoms with van der Waals surface area (Å²) in [5, 5.41) is 0. The van der Waals surface area contributed by atoms with Crippen molar-refractivity contribution in [3.05, 3.63) is 53.0 Å². The molecule has 1 aromatic heterocycles. The highest BCUT2D eigenvalue weighted by molar-refractivity contribution is 7.89. The van der Waals surface area contributed by atoms with Gasteiger partial charge in [-0.15, -0.1) is 0 Å². The van der Waals surface area contributed by atoms with Crippen LogP contribution in [0.5, 0.6) is 0 Å². The van der Waals surface area contributed by atoms with Gasteiger partial charge >= 0.3 is 0 Å². The Morgan fingerprint density at radius 3 is 2.66 bits per heavy atom. The molecule has 3 heterocycles. The molecule has 0 aliphatic carbocycles. The van der Waals surface area contributed by atoms with Crippen LogP contribution in [-0.4, -0.2) is 48.1 Å². The first-order valence-electron chi connectivity index (χ1n) is 10.6. The van der Waals surface area contributed by atoms with Gasteiger partial charge in [0.2, 0.25) is 10.0 Å². The van der Waals surface area contributed by atoms with E-state index in [9.17, 15) is 8.42 Å². The third-order valence-corrected chi connectivity index (χ3v) is 7.94. The molecule has 0 amide bonds. The topological polar surface area (TPSA) is 66.4 Å². The molecule has 2 aliphatic rings.